The molecule has 1 heterocycles. The van der Waals surface area contributed by atoms with Gasteiger partial charge in [0, 0.05) is 32.7 Å². The van der Waals surface area contributed by atoms with Crippen molar-refractivity contribution in [3.8, 4) is 0 Å². The summed E-state index contributed by atoms with van der Waals surface area (Å²) in [6.45, 7) is 6.22. The van der Waals surface area contributed by atoms with Crippen molar-refractivity contribution in [2.24, 2.45) is 5.73 Å². The predicted octanol–water partition coefficient (Wildman–Crippen LogP) is 0.440. The van der Waals surface area contributed by atoms with Gasteiger partial charge in [0.2, 0.25) is 5.91 Å². The number of nitrogens with zero attached hydrogens (tertiary/aromatic N) is 2. The van der Waals surface area contributed by atoms with Crippen LogP contribution in [-0.4, -0.2) is 62.0 Å². The first kappa shape index (κ1) is 15.9. The number of piperazine rings is 1. The van der Waals surface area contributed by atoms with E-state index in [0.717, 1.165) is 44.7 Å². The van der Waals surface area contributed by atoms with Crippen molar-refractivity contribution in [3.05, 3.63) is 35.9 Å². The third kappa shape index (κ3) is 5.12. The topological polar surface area (TPSA) is 61.6 Å². The number of benzene rings is 1. The summed E-state index contributed by atoms with van der Waals surface area (Å²) in [5.41, 5.74) is 6.81. The molecule has 1 unspecified atom stereocenters. The highest BCUT2D eigenvalue weighted by molar-refractivity contribution is 5.82. The van der Waals surface area contributed by atoms with Gasteiger partial charge in [-0.3, -0.25) is 4.79 Å². The minimum Gasteiger partial charge on any atom is -0.354 e. The molecule has 1 fully saturated rings. The largest absolute Gasteiger partial charge is 0.354 e. The highest BCUT2D eigenvalue weighted by Crippen LogP contribution is 2.09. The van der Waals surface area contributed by atoms with Crippen molar-refractivity contribution < 1.29 is 4.79 Å². The van der Waals surface area contributed by atoms with Gasteiger partial charge in [0.05, 0.1) is 0 Å². The van der Waals surface area contributed by atoms with Gasteiger partial charge in [-0.25, -0.2) is 0 Å². The van der Waals surface area contributed by atoms with E-state index in [9.17, 15) is 4.79 Å². The summed E-state index contributed by atoms with van der Waals surface area (Å²) in [5.74, 6) is -0.0976. The second kappa shape index (κ2) is 8.12. The number of carbonyl (C=O) groups is 1. The van der Waals surface area contributed by atoms with Crippen LogP contribution in [0.5, 0.6) is 0 Å². The Kier molecular flexibility index (Phi) is 6.17. The van der Waals surface area contributed by atoms with Gasteiger partial charge >= 0.3 is 0 Å². The minimum atomic E-state index is -0.574. The van der Waals surface area contributed by atoms with Gasteiger partial charge in [-0.2, -0.15) is 0 Å². The van der Waals surface area contributed by atoms with E-state index in [1.807, 2.05) is 30.3 Å². The number of hydrogen-bond acceptors (Lipinski definition) is 4. The first-order valence-corrected chi connectivity index (χ1v) is 7.66. The molecule has 1 aliphatic heterocycles. The molecule has 0 aromatic heterocycles. The maximum absolute atomic E-state index is 12.0. The Balaban J connectivity index is 1.63. The maximum Gasteiger partial charge on any atom is 0.241 e. The van der Waals surface area contributed by atoms with Gasteiger partial charge in [0.1, 0.15) is 6.04 Å². The molecule has 0 saturated carbocycles. The van der Waals surface area contributed by atoms with Crippen molar-refractivity contribution in [2.45, 2.75) is 12.5 Å². The van der Waals surface area contributed by atoms with Gasteiger partial charge in [-0.1, -0.05) is 30.3 Å². The second-order valence-electron chi connectivity index (χ2n) is 5.68. The molecule has 0 aliphatic carbocycles. The summed E-state index contributed by atoms with van der Waals surface area (Å²) in [6.07, 6.45) is 0.969. The van der Waals surface area contributed by atoms with E-state index in [0.29, 0.717) is 6.54 Å². The van der Waals surface area contributed by atoms with Gasteiger partial charge in [-0.05, 0) is 25.6 Å². The molecule has 116 valence electrons. The summed E-state index contributed by atoms with van der Waals surface area (Å²) in [5, 5.41) is 2.93. The van der Waals surface area contributed by atoms with Crippen LogP contribution in [0.1, 0.15) is 18.0 Å². The Hall–Kier alpha value is -1.43. The van der Waals surface area contributed by atoms with E-state index >= 15 is 0 Å². The molecular formula is C16H26N4O. The molecule has 5 heteroatoms. The SMILES string of the molecule is CN1CCN(CCCNC(=O)C(N)c2ccccc2)CC1. The average molecular weight is 290 g/mol. The van der Waals surface area contributed by atoms with E-state index in [4.69, 9.17) is 5.73 Å². The molecule has 0 bridgehead atoms. The van der Waals surface area contributed by atoms with Crippen molar-refractivity contribution >= 4 is 5.91 Å². The van der Waals surface area contributed by atoms with Gasteiger partial charge < -0.3 is 20.9 Å². The third-order valence-corrected chi connectivity index (χ3v) is 3.99. The quantitative estimate of drug-likeness (QED) is 0.746. The van der Waals surface area contributed by atoms with Crippen LogP contribution >= 0.6 is 0 Å². The van der Waals surface area contributed by atoms with E-state index in [1.54, 1.807) is 0 Å². The first-order valence-electron chi connectivity index (χ1n) is 7.66. The molecule has 3 N–H and O–H groups in total. The maximum atomic E-state index is 12.0. The lowest BCUT2D eigenvalue weighted by molar-refractivity contribution is -0.122. The van der Waals surface area contributed by atoms with Crippen molar-refractivity contribution in [3.63, 3.8) is 0 Å². The fraction of sp³-hybridized carbons (Fsp3) is 0.562. The van der Waals surface area contributed by atoms with Crippen LogP contribution in [-0.2, 0) is 4.79 Å². The fourth-order valence-electron chi connectivity index (χ4n) is 2.51. The summed E-state index contributed by atoms with van der Waals surface area (Å²) in [7, 11) is 2.16. The Morgan fingerprint density at radius 3 is 2.57 bits per heavy atom. The van der Waals surface area contributed by atoms with Crippen molar-refractivity contribution in [1.82, 2.24) is 15.1 Å². The van der Waals surface area contributed by atoms with Crippen molar-refractivity contribution in [1.29, 1.82) is 0 Å². The highest BCUT2D eigenvalue weighted by Gasteiger charge is 2.15. The molecule has 1 aromatic rings. The lowest BCUT2D eigenvalue weighted by Crippen LogP contribution is -2.45. The Morgan fingerprint density at radius 1 is 1.24 bits per heavy atom. The molecule has 0 spiro atoms. The number of likely N-dealkylation sites (N-methyl/N-ethyl adjacent to an activating group) is 1. The monoisotopic (exact) mass is 290 g/mol. The van der Waals surface area contributed by atoms with E-state index < -0.39 is 6.04 Å². The Bertz CT molecular complexity index is 429. The molecule has 1 aromatic carbocycles. The molecule has 0 radical (unpaired) electrons. The molecule has 1 amide bonds. The van der Waals surface area contributed by atoms with Crippen LogP contribution in [0.25, 0.3) is 0 Å². The number of amides is 1. The van der Waals surface area contributed by atoms with Crippen LogP contribution in [0.2, 0.25) is 0 Å². The van der Waals surface area contributed by atoms with E-state index in [2.05, 4.69) is 22.2 Å². The summed E-state index contributed by atoms with van der Waals surface area (Å²) >= 11 is 0. The summed E-state index contributed by atoms with van der Waals surface area (Å²) in [6, 6.07) is 8.91. The minimum absolute atomic E-state index is 0.0976. The van der Waals surface area contributed by atoms with Crippen LogP contribution in [0.4, 0.5) is 0 Å². The zero-order valence-electron chi connectivity index (χ0n) is 12.8. The number of carbonyl (C=O) groups excluding carboxylic acids is 1. The van der Waals surface area contributed by atoms with Crippen LogP contribution in [0, 0.1) is 0 Å². The number of nitrogens with two attached hydrogens (primary N) is 1. The predicted molar refractivity (Wildman–Crippen MR) is 84.9 cm³/mol. The molecule has 2 rings (SSSR count). The van der Waals surface area contributed by atoms with Crippen LogP contribution < -0.4 is 11.1 Å². The van der Waals surface area contributed by atoms with Gasteiger partial charge in [0.15, 0.2) is 0 Å². The molecular weight excluding hydrogens is 264 g/mol. The Morgan fingerprint density at radius 2 is 1.90 bits per heavy atom. The molecule has 1 atom stereocenters. The van der Waals surface area contributed by atoms with E-state index in [1.165, 1.54) is 0 Å². The lowest BCUT2D eigenvalue weighted by Gasteiger charge is -2.32. The lowest BCUT2D eigenvalue weighted by atomic mass is 10.1. The molecule has 21 heavy (non-hydrogen) atoms. The Labute approximate surface area is 127 Å². The second-order valence-corrected chi connectivity index (χ2v) is 5.68. The third-order valence-electron chi connectivity index (χ3n) is 3.99. The highest BCUT2D eigenvalue weighted by atomic mass is 16.2. The smallest absolute Gasteiger partial charge is 0.241 e. The molecule has 5 nitrogen and oxygen atoms in total. The van der Waals surface area contributed by atoms with Crippen LogP contribution in [0.3, 0.4) is 0 Å². The number of nitrogens with one attached hydrogen (secondary N) is 1. The zero-order valence-corrected chi connectivity index (χ0v) is 12.8. The van der Waals surface area contributed by atoms with Gasteiger partial charge in [0.25, 0.3) is 0 Å². The molecule has 1 saturated heterocycles. The van der Waals surface area contributed by atoms with Crippen molar-refractivity contribution in [2.75, 3.05) is 46.3 Å². The number of rotatable bonds is 6. The van der Waals surface area contributed by atoms with Gasteiger partial charge in [-0.15, -0.1) is 0 Å². The summed E-state index contributed by atoms with van der Waals surface area (Å²) in [4.78, 5) is 16.8. The fourth-order valence-corrected chi connectivity index (χ4v) is 2.51. The normalized spacial score (nSPS) is 18.4. The number of hydrogen-bond donors (Lipinski definition) is 2. The average Bonchev–Trinajstić information content (AvgIpc) is 2.53. The van der Waals surface area contributed by atoms with Crippen LogP contribution in [0.15, 0.2) is 30.3 Å². The standard InChI is InChI=1S/C16H26N4O/c1-19-10-12-20(13-11-19)9-5-8-18-16(21)15(17)14-6-3-2-4-7-14/h2-4,6-7,15H,5,8-13,17H2,1H3,(H,18,21). The molecule has 1 aliphatic rings. The summed E-state index contributed by atoms with van der Waals surface area (Å²) < 4.78 is 0. The zero-order chi connectivity index (χ0) is 15.1. The first-order chi connectivity index (χ1) is 10.2. The van der Waals surface area contributed by atoms with E-state index in [-0.39, 0.29) is 5.91 Å².